The fraction of sp³-hybridized carbons (Fsp3) is 0.118. The van der Waals surface area contributed by atoms with Crippen molar-refractivity contribution in [2.45, 2.75) is 13.1 Å². The Morgan fingerprint density at radius 1 is 1.14 bits per heavy atom. The Morgan fingerprint density at radius 3 is 2.59 bits per heavy atom. The first-order valence-corrected chi connectivity index (χ1v) is 6.84. The third kappa shape index (κ3) is 4.76. The second-order valence-corrected chi connectivity index (χ2v) is 4.58. The smallest absolute Gasteiger partial charge is 0.263 e. The number of benzene rings is 1. The van der Waals surface area contributed by atoms with Gasteiger partial charge in [0.15, 0.2) is 0 Å². The minimum absolute atomic E-state index is 0.0415. The van der Waals surface area contributed by atoms with Crippen LogP contribution in [0.25, 0.3) is 0 Å². The average Bonchev–Trinajstić information content (AvgIpc) is 2.58. The third-order valence-electron chi connectivity index (χ3n) is 2.94. The van der Waals surface area contributed by atoms with Crippen LogP contribution in [0.3, 0.4) is 0 Å². The van der Waals surface area contributed by atoms with E-state index in [-0.39, 0.29) is 5.57 Å². The Balaban J connectivity index is 1.86. The van der Waals surface area contributed by atoms with Crippen molar-refractivity contribution in [2.24, 2.45) is 0 Å². The van der Waals surface area contributed by atoms with Crippen LogP contribution in [0.1, 0.15) is 11.1 Å². The summed E-state index contributed by atoms with van der Waals surface area (Å²) < 4.78 is 0. The van der Waals surface area contributed by atoms with E-state index in [4.69, 9.17) is 5.26 Å². The summed E-state index contributed by atoms with van der Waals surface area (Å²) in [5.74, 6) is -0.398. The van der Waals surface area contributed by atoms with Gasteiger partial charge < -0.3 is 10.6 Å². The highest BCUT2D eigenvalue weighted by Gasteiger charge is 2.07. The fourth-order valence-corrected chi connectivity index (χ4v) is 1.80. The van der Waals surface area contributed by atoms with Gasteiger partial charge in [-0.3, -0.25) is 9.78 Å². The Morgan fingerprint density at radius 2 is 1.91 bits per heavy atom. The number of carbonyl (C=O) groups is 1. The van der Waals surface area contributed by atoms with E-state index in [1.54, 1.807) is 12.4 Å². The molecule has 0 unspecified atom stereocenters. The number of hydrogen-bond donors (Lipinski definition) is 2. The first-order chi connectivity index (χ1) is 10.8. The number of rotatable bonds is 6. The van der Waals surface area contributed by atoms with Crippen molar-refractivity contribution in [1.29, 1.82) is 5.26 Å². The van der Waals surface area contributed by atoms with Gasteiger partial charge in [0.1, 0.15) is 11.6 Å². The molecule has 0 saturated carbocycles. The monoisotopic (exact) mass is 292 g/mol. The maximum absolute atomic E-state index is 11.9. The molecule has 2 N–H and O–H groups in total. The molecule has 1 aromatic heterocycles. The second-order valence-electron chi connectivity index (χ2n) is 4.58. The number of amides is 1. The highest BCUT2D eigenvalue weighted by molar-refractivity contribution is 5.97. The predicted octanol–water partition coefficient (Wildman–Crippen LogP) is 1.90. The van der Waals surface area contributed by atoms with Crippen LogP contribution in [0.4, 0.5) is 0 Å². The largest absolute Gasteiger partial charge is 0.386 e. The lowest BCUT2D eigenvalue weighted by Gasteiger charge is -2.05. The minimum Gasteiger partial charge on any atom is -0.386 e. The zero-order valence-electron chi connectivity index (χ0n) is 12.0. The Hall–Kier alpha value is -3.13. The number of hydrogen-bond acceptors (Lipinski definition) is 4. The van der Waals surface area contributed by atoms with Crippen molar-refractivity contribution >= 4 is 5.91 Å². The van der Waals surface area contributed by atoms with Gasteiger partial charge in [-0.15, -0.1) is 0 Å². The van der Waals surface area contributed by atoms with Crippen molar-refractivity contribution in [1.82, 2.24) is 15.6 Å². The summed E-state index contributed by atoms with van der Waals surface area (Å²) in [6.45, 7) is 0.895. The quantitative estimate of drug-likeness (QED) is 0.629. The molecule has 110 valence electrons. The predicted molar refractivity (Wildman–Crippen MR) is 83.1 cm³/mol. The molecule has 0 saturated heterocycles. The Kier molecular flexibility index (Phi) is 5.70. The van der Waals surface area contributed by atoms with Gasteiger partial charge in [0.25, 0.3) is 5.91 Å². The summed E-state index contributed by atoms with van der Waals surface area (Å²) in [6, 6.07) is 15.2. The zero-order chi connectivity index (χ0) is 15.6. The molecule has 0 spiro atoms. The Bertz CT molecular complexity index is 675. The molecule has 1 heterocycles. The van der Waals surface area contributed by atoms with E-state index >= 15 is 0 Å². The maximum Gasteiger partial charge on any atom is 0.263 e. The van der Waals surface area contributed by atoms with Crippen molar-refractivity contribution in [3.8, 4) is 6.07 Å². The summed E-state index contributed by atoms with van der Waals surface area (Å²) in [6.07, 6.45) is 4.84. The molecule has 0 aliphatic rings. The van der Waals surface area contributed by atoms with Crippen molar-refractivity contribution < 1.29 is 4.79 Å². The summed E-state index contributed by atoms with van der Waals surface area (Å²) >= 11 is 0. The van der Waals surface area contributed by atoms with Gasteiger partial charge in [-0.2, -0.15) is 5.26 Å². The molecular formula is C17H16N4O. The molecule has 1 aromatic carbocycles. The molecule has 2 aromatic rings. The fourth-order valence-electron chi connectivity index (χ4n) is 1.80. The SMILES string of the molecule is N#C/C(=C/NCc1cccnc1)C(=O)NCc1ccccc1. The van der Waals surface area contributed by atoms with Crippen molar-refractivity contribution in [3.63, 3.8) is 0 Å². The number of nitrogens with one attached hydrogen (secondary N) is 2. The second kappa shape index (κ2) is 8.22. The van der Waals surface area contributed by atoms with Gasteiger partial charge in [-0.05, 0) is 17.2 Å². The van der Waals surface area contributed by atoms with Crippen LogP contribution in [0.15, 0.2) is 66.6 Å². The summed E-state index contributed by atoms with van der Waals surface area (Å²) in [4.78, 5) is 15.9. The third-order valence-corrected chi connectivity index (χ3v) is 2.94. The molecular weight excluding hydrogens is 276 g/mol. The molecule has 2 rings (SSSR count). The van der Waals surface area contributed by atoms with E-state index in [1.165, 1.54) is 6.20 Å². The van der Waals surface area contributed by atoms with Crippen LogP contribution in [-0.2, 0) is 17.9 Å². The molecule has 5 heteroatoms. The Labute approximate surface area is 129 Å². The number of pyridine rings is 1. The lowest BCUT2D eigenvalue weighted by atomic mass is 10.2. The summed E-state index contributed by atoms with van der Waals surface area (Å²) in [5, 5.41) is 14.7. The van der Waals surface area contributed by atoms with E-state index in [1.807, 2.05) is 48.5 Å². The standard InChI is InChI=1S/C17H16N4O/c18-9-16(13-20-11-15-7-4-8-19-10-15)17(22)21-12-14-5-2-1-3-6-14/h1-8,10,13,20H,11-12H2,(H,21,22)/b16-13-. The van der Waals surface area contributed by atoms with Gasteiger partial charge in [0, 0.05) is 31.7 Å². The van der Waals surface area contributed by atoms with Gasteiger partial charge in [-0.25, -0.2) is 0 Å². The summed E-state index contributed by atoms with van der Waals surface area (Å²) in [5.41, 5.74) is 2.00. The van der Waals surface area contributed by atoms with Crippen LogP contribution >= 0.6 is 0 Å². The topological polar surface area (TPSA) is 77.8 Å². The highest BCUT2D eigenvalue weighted by Crippen LogP contribution is 1.99. The van der Waals surface area contributed by atoms with Crippen molar-refractivity contribution in [3.05, 3.63) is 77.8 Å². The highest BCUT2D eigenvalue weighted by atomic mass is 16.1. The van der Waals surface area contributed by atoms with E-state index in [0.29, 0.717) is 13.1 Å². The van der Waals surface area contributed by atoms with Gasteiger partial charge in [0.05, 0.1) is 0 Å². The summed E-state index contributed by atoms with van der Waals surface area (Å²) in [7, 11) is 0. The molecule has 0 bridgehead atoms. The number of carbonyl (C=O) groups excluding carboxylic acids is 1. The van der Waals surface area contributed by atoms with Gasteiger partial charge in [-0.1, -0.05) is 36.4 Å². The van der Waals surface area contributed by atoms with Crippen LogP contribution in [-0.4, -0.2) is 10.9 Å². The number of nitrogens with zero attached hydrogens (tertiary/aromatic N) is 2. The number of nitriles is 1. The van der Waals surface area contributed by atoms with E-state index in [9.17, 15) is 4.79 Å². The van der Waals surface area contributed by atoms with Crippen LogP contribution in [0.5, 0.6) is 0 Å². The molecule has 0 radical (unpaired) electrons. The van der Waals surface area contributed by atoms with E-state index in [0.717, 1.165) is 11.1 Å². The van der Waals surface area contributed by atoms with Crippen molar-refractivity contribution in [2.75, 3.05) is 0 Å². The molecule has 0 atom stereocenters. The van der Waals surface area contributed by atoms with Crippen LogP contribution in [0.2, 0.25) is 0 Å². The average molecular weight is 292 g/mol. The van der Waals surface area contributed by atoms with Gasteiger partial charge >= 0.3 is 0 Å². The molecule has 1 amide bonds. The molecule has 22 heavy (non-hydrogen) atoms. The zero-order valence-corrected chi connectivity index (χ0v) is 12.0. The molecule has 5 nitrogen and oxygen atoms in total. The lowest BCUT2D eigenvalue weighted by Crippen LogP contribution is -2.25. The lowest BCUT2D eigenvalue weighted by molar-refractivity contribution is -0.117. The van der Waals surface area contributed by atoms with E-state index < -0.39 is 5.91 Å². The molecule has 0 fully saturated rings. The van der Waals surface area contributed by atoms with E-state index in [2.05, 4.69) is 15.6 Å². The van der Waals surface area contributed by atoms with Crippen LogP contribution < -0.4 is 10.6 Å². The first-order valence-electron chi connectivity index (χ1n) is 6.84. The molecule has 0 aliphatic heterocycles. The van der Waals surface area contributed by atoms with Crippen LogP contribution in [0, 0.1) is 11.3 Å². The number of aromatic nitrogens is 1. The molecule has 0 aliphatic carbocycles. The first kappa shape index (κ1) is 15.3. The maximum atomic E-state index is 11.9. The minimum atomic E-state index is -0.398. The van der Waals surface area contributed by atoms with Gasteiger partial charge in [0.2, 0.25) is 0 Å². The normalized spacial score (nSPS) is 10.6.